The minimum absolute atomic E-state index is 0.674. The molecule has 2 heteroatoms. The lowest BCUT2D eigenvalue weighted by molar-refractivity contribution is 0.511. The first-order valence-corrected chi connectivity index (χ1v) is 5.90. The lowest BCUT2D eigenvalue weighted by atomic mass is 9.98. The van der Waals surface area contributed by atoms with E-state index in [1.165, 1.54) is 18.6 Å². The number of hydrogen-bond donors (Lipinski definition) is 0. The van der Waals surface area contributed by atoms with Crippen LogP contribution in [0.3, 0.4) is 0 Å². The van der Waals surface area contributed by atoms with Crippen molar-refractivity contribution in [2.24, 2.45) is 0 Å². The zero-order valence-electron chi connectivity index (χ0n) is 6.59. The zero-order valence-corrected chi connectivity index (χ0v) is 8.23. The van der Waals surface area contributed by atoms with Gasteiger partial charge in [0.25, 0.3) is 0 Å². The third-order valence-corrected chi connectivity index (χ3v) is 5.51. The van der Waals surface area contributed by atoms with Crippen molar-refractivity contribution in [3.63, 3.8) is 0 Å². The molecule has 0 aromatic rings. The molecule has 3 aliphatic rings. The monoisotopic (exact) mass is 174 g/mol. The Hall–Kier alpha value is 0.700. The van der Waals surface area contributed by atoms with E-state index in [9.17, 15) is 0 Å². The fraction of sp³-hybridized carbons (Fsp3) is 1.00. The highest BCUT2D eigenvalue weighted by atomic mass is 32.2. The average Bonchev–Trinajstić information content (AvgIpc) is 1.94. The summed E-state index contributed by atoms with van der Waals surface area (Å²) in [5, 5.41) is 1.91. The van der Waals surface area contributed by atoms with Gasteiger partial charge in [0.2, 0.25) is 0 Å². The highest BCUT2D eigenvalue weighted by molar-refractivity contribution is 8.06. The third kappa shape index (κ3) is 1.20. The quantitative estimate of drug-likeness (QED) is 0.554. The van der Waals surface area contributed by atoms with Gasteiger partial charge in [-0.2, -0.15) is 23.5 Å². The normalized spacial score (nSPS) is 53.4. The molecule has 0 aromatic carbocycles. The molecule has 0 amide bonds. The van der Waals surface area contributed by atoms with Gasteiger partial charge in [0.15, 0.2) is 0 Å². The molecule has 0 radical (unpaired) electrons. The Balaban J connectivity index is 2.05. The Morgan fingerprint density at radius 1 is 1.40 bits per heavy atom. The second-order valence-corrected chi connectivity index (χ2v) is 7.10. The van der Waals surface area contributed by atoms with Crippen LogP contribution in [0.1, 0.15) is 26.7 Å². The maximum absolute atomic E-state index is 2.43. The van der Waals surface area contributed by atoms with Crippen LogP contribution in [0.25, 0.3) is 0 Å². The molecule has 3 saturated heterocycles. The highest BCUT2D eigenvalue weighted by Crippen LogP contribution is 2.54. The van der Waals surface area contributed by atoms with E-state index in [0.717, 1.165) is 10.5 Å². The summed E-state index contributed by atoms with van der Waals surface area (Å²) < 4.78 is 0.674. The molecule has 0 saturated carbocycles. The molecule has 3 rings (SSSR count). The van der Waals surface area contributed by atoms with Crippen LogP contribution >= 0.6 is 23.5 Å². The summed E-state index contributed by atoms with van der Waals surface area (Å²) in [6.07, 6.45) is 2.91. The van der Waals surface area contributed by atoms with Crippen LogP contribution in [0.15, 0.2) is 0 Å². The zero-order chi connectivity index (χ0) is 7.19. The molecule has 0 N–H and O–H groups in total. The summed E-state index contributed by atoms with van der Waals surface area (Å²) in [5.74, 6) is 1.40. The lowest BCUT2D eigenvalue weighted by Gasteiger charge is -2.42. The number of rotatable bonds is 0. The molecule has 58 valence electrons. The number of hydrogen-bond acceptors (Lipinski definition) is 2. The molecule has 3 heterocycles. The van der Waals surface area contributed by atoms with Gasteiger partial charge in [-0.15, -0.1) is 0 Å². The van der Waals surface area contributed by atoms with E-state index in [4.69, 9.17) is 0 Å². The first-order chi connectivity index (χ1) is 4.68. The molecule has 0 spiro atoms. The van der Waals surface area contributed by atoms with Crippen LogP contribution in [-0.2, 0) is 0 Å². The maximum atomic E-state index is 2.43. The standard InChI is InChI=1S/C8H14S2/c1-6-3-8(2)4-7(10-8)5-9-6/h6-7H,3-5H2,1-2H3. The van der Waals surface area contributed by atoms with E-state index in [-0.39, 0.29) is 0 Å². The second-order valence-electron chi connectivity index (χ2n) is 3.74. The Labute approximate surface area is 71.5 Å². The Morgan fingerprint density at radius 3 is 2.80 bits per heavy atom. The molecule has 10 heavy (non-hydrogen) atoms. The van der Waals surface area contributed by atoms with E-state index in [2.05, 4.69) is 37.4 Å². The third-order valence-electron chi connectivity index (χ3n) is 2.40. The van der Waals surface area contributed by atoms with Gasteiger partial charge in [-0.25, -0.2) is 0 Å². The molecule has 0 aromatic heterocycles. The largest absolute Gasteiger partial charge is 0.158 e. The SMILES string of the molecule is CC1CC2(C)CC(CS1)S2. The summed E-state index contributed by atoms with van der Waals surface area (Å²) in [4.78, 5) is 0. The van der Waals surface area contributed by atoms with E-state index < -0.39 is 0 Å². The van der Waals surface area contributed by atoms with Crippen LogP contribution in [-0.4, -0.2) is 21.0 Å². The smallest absolute Gasteiger partial charge is 0.0156 e. The second kappa shape index (κ2) is 2.34. The van der Waals surface area contributed by atoms with Crippen LogP contribution < -0.4 is 0 Å². The summed E-state index contributed by atoms with van der Waals surface area (Å²) >= 11 is 4.39. The maximum Gasteiger partial charge on any atom is 0.0156 e. The van der Waals surface area contributed by atoms with E-state index in [1.54, 1.807) is 0 Å². The van der Waals surface area contributed by atoms with Crippen LogP contribution in [0.4, 0.5) is 0 Å². The summed E-state index contributed by atoms with van der Waals surface area (Å²) in [6, 6.07) is 0. The number of thioether (sulfide) groups is 2. The first kappa shape index (κ1) is 7.35. The van der Waals surface area contributed by atoms with Crippen molar-refractivity contribution in [1.29, 1.82) is 0 Å². The van der Waals surface area contributed by atoms with Crippen molar-refractivity contribution >= 4 is 23.5 Å². The van der Waals surface area contributed by atoms with Gasteiger partial charge < -0.3 is 0 Å². The summed E-state index contributed by atoms with van der Waals surface area (Å²) in [7, 11) is 0. The topological polar surface area (TPSA) is 0 Å². The van der Waals surface area contributed by atoms with Gasteiger partial charge in [-0.1, -0.05) is 13.8 Å². The van der Waals surface area contributed by atoms with Crippen molar-refractivity contribution in [2.45, 2.75) is 41.9 Å². The van der Waals surface area contributed by atoms with Gasteiger partial charge in [0.05, 0.1) is 0 Å². The molecule has 3 unspecified atom stereocenters. The fourth-order valence-corrected chi connectivity index (χ4v) is 5.40. The fourth-order valence-electron chi connectivity index (χ4n) is 2.04. The van der Waals surface area contributed by atoms with Crippen LogP contribution in [0.2, 0.25) is 0 Å². The molecular formula is C8H14S2. The molecule has 2 bridgehead atoms. The van der Waals surface area contributed by atoms with Crippen molar-refractivity contribution in [1.82, 2.24) is 0 Å². The van der Waals surface area contributed by atoms with Crippen molar-refractivity contribution < 1.29 is 0 Å². The average molecular weight is 174 g/mol. The summed E-state index contributed by atoms with van der Waals surface area (Å²) in [5.41, 5.74) is 0. The number of fused-ring (bicyclic) bond motifs is 3. The van der Waals surface area contributed by atoms with E-state index in [1.807, 2.05) is 0 Å². The van der Waals surface area contributed by atoms with Gasteiger partial charge in [0, 0.05) is 21.0 Å². The molecule has 0 nitrogen and oxygen atoms in total. The van der Waals surface area contributed by atoms with Gasteiger partial charge >= 0.3 is 0 Å². The lowest BCUT2D eigenvalue weighted by Crippen LogP contribution is -2.38. The van der Waals surface area contributed by atoms with Crippen LogP contribution in [0.5, 0.6) is 0 Å². The molecule has 3 aliphatic heterocycles. The Morgan fingerprint density at radius 2 is 2.10 bits per heavy atom. The Bertz CT molecular complexity index is 138. The van der Waals surface area contributed by atoms with Crippen molar-refractivity contribution in [3.8, 4) is 0 Å². The van der Waals surface area contributed by atoms with Crippen molar-refractivity contribution in [3.05, 3.63) is 0 Å². The van der Waals surface area contributed by atoms with Gasteiger partial charge in [0.1, 0.15) is 0 Å². The first-order valence-electron chi connectivity index (χ1n) is 3.97. The van der Waals surface area contributed by atoms with E-state index >= 15 is 0 Å². The molecule has 3 fully saturated rings. The van der Waals surface area contributed by atoms with Gasteiger partial charge in [-0.3, -0.25) is 0 Å². The highest BCUT2D eigenvalue weighted by Gasteiger charge is 2.44. The summed E-state index contributed by atoms with van der Waals surface area (Å²) in [6.45, 7) is 4.80. The minimum Gasteiger partial charge on any atom is -0.158 e. The Kier molecular flexibility index (Phi) is 1.72. The predicted octanol–water partition coefficient (Wildman–Crippen LogP) is 2.78. The van der Waals surface area contributed by atoms with E-state index in [0.29, 0.717) is 4.75 Å². The minimum atomic E-state index is 0.674. The molecule has 3 atom stereocenters. The van der Waals surface area contributed by atoms with Gasteiger partial charge in [-0.05, 0) is 12.8 Å². The van der Waals surface area contributed by atoms with Crippen molar-refractivity contribution in [2.75, 3.05) is 5.75 Å². The molecule has 0 aliphatic carbocycles. The predicted molar refractivity (Wildman–Crippen MR) is 50.9 cm³/mol. The van der Waals surface area contributed by atoms with Crippen LogP contribution in [0, 0.1) is 0 Å². The molecular weight excluding hydrogens is 160 g/mol.